The van der Waals surface area contributed by atoms with Gasteiger partial charge in [0, 0.05) is 12.3 Å². The predicted octanol–water partition coefficient (Wildman–Crippen LogP) is 0.996. The first kappa shape index (κ1) is 14.6. The summed E-state index contributed by atoms with van der Waals surface area (Å²) in [5.74, 6) is 0.444. The van der Waals surface area contributed by atoms with Gasteiger partial charge in [0.25, 0.3) is 5.91 Å². The van der Waals surface area contributed by atoms with Crippen molar-refractivity contribution in [2.45, 2.75) is 6.54 Å². The summed E-state index contributed by atoms with van der Waals surface area (Å²) >= 11 is 0. The molecular weight excluding hydrogens is 296 g/mol. The Morgan fingerprint density at radius 2 is 2.26 bits per heavy atom. The van der Waals surface area contributed by atoms with E-state index in [-0.39, 0.29) is 12.5 Å². The van der Waals surface area contributed by atoms with Crippen LogP contribution in [0, 0.1) is 0 Å². The Bertz CT molecular complexity index is 802. The molecule has 3 aromatic rings. The van der Waals surface area contributed by atoms with Crippen molar-refractivity contribution in [3.05, 3.63) is 60.4 Å². The summed E-state index contributed by atoms with van der Waals surface area (Å²) < 4.78 is 6.80. The van der Waals surface area contributed by atoms with E-state index in [1.165, 1.54) is 12.5 Å². The lowest BCUT2D eigenvalue weighted by molar-refractivity contribution is 0.0945. The molecular formula is C15H14N6O2. The number of hydrogen-bond acceptors (Lipinski definition) is 6. The van der Waals surface area contributed by atoms with E-state index in [4.69, 9.17) is 4.74 Å². The number of aromatic nitrogens is 5. The number of hydrogen-bond donors (Lipinski definition) is 1. The lowest BCUT2D eigenvalue weighted by Gasteiger charge is -2.03. The fraction of sp³-hybridized carbons (Fsp3) is 0.133. The highest BCUT2D eigenvalue weighted by atomic mass is 16.5. The van der Waals surface area contributed by atoms with E-state index in [1.54, 1.807) is 24.1 Å². The van der Waals surface area contributed by atoms with E-state index in [0.29, 0.717) is 11.4 Å². The monoisotopic (exact) mass is 310 g/mol. The molecule has 0 aliphatic carbocycles. The first-order valence-electron chi connectivity index (χ1n) is 6.86. The van der Waals surface area contributed by atoms with E-state index in [9.17, 15) is 4.79 Å². The molecule has 2 aromatic heterocycles. The Kier molecular flexibility index (Phi) is 4.23. The van der Waals surface area contributed by atoms with E-state index >= 15 is 0 Å². The SMILES string of the molecule is COc1cccc(-n2cc(CNC(=O)c3ccncn3)nn2)c1. The first-order chi connectivity index (χ1) is 11.3. The van der Waals surface area contributed by atoms with Gasteiger partial charge in [-0.25, -0.2) is 14.6 Å². The van der Waals surface area contributed by atoms with E-state index in [1.807, 2.05) is 24.3 Å². The molecule has 0 aliphatic heterocycles. The second kappa shape index (κ2) is 6.65. The van der Waals surface area contributed by atoms with Gasteiger partial charge >= 0.3 is 0 Å². The largest absolute Gasteiger partial charge is 0.497 e. The van der Waals surface area contributed by atoms with Crippen molar-refractivity contribution in [3.63, 3.8) is 0 Å². The van der Waals surface area contributed by atoms with Crippen LogP contribution < -0.4 is 10.1 Å². The Morgan fingerprint density at radius 3 is 3.04 bits per heavy atom. The molecule has 1 N–H and O–H groups in total. The van der Waals surface area contributed by atoms with Gasteiger partial charge in [-0.2, -0.15) is 0 Å². The maximum atomic E-state index is 11.9. The van der Waals surface area contributed by atoms with Crippen LogP contribution in [0.15, 0.2) is 49.1 Å². The van der Waals surface area contributed by atoms with Gasteiger partial charge in [-0.3, -0.25) is 4.79 Å². The number of methoxy groups -OCH3 is 1. The molecule has 116 valence electrons. The quantitative estimate of drug-likeness (QED) is 0.755. The predicted molar refractivity (Wildman–Crippen MR) is 81.1 cm³/mol. The molecule has 0 spiro atoms. The van der Waals surface area contributed by atoms with Gasteiger partial charge in [0.2, 0.25) is 0 Å². The standard InChI is InChI=1S/C15H14N6O2/c1-23-13-4-2-3-12(7-13)21-9-11(19-20-21)8-17-15(22)14-5-6-16-10-18-14/h2-7,9-10H,8H2,1H3,(H,17,22). The van der Waals surface area contributed by atoms with Crippen LogP contribution in [0.5, 0.6) is 5.75 Å². The Labute approximate surface area is 132 Å². The smallest absolute Gasteiger partial charge is 0.270 e. The van der Waals surface area contributed by atoms with Gasteiger partial charge in [0.05, 0.1) is 25.5 Å². The number of amides is 1. The van der Waals surface area contributed by atoms with Gasteiger partial charge in [-0.1, -0.05) is 11.3 Å². The fourth-order valence-electron chi connectivity index (χ4n) is 1.94. The molecule has 0 radical (unpaired) electrons. The van der Waals surface area contributed by atoms with Crippen LogP contribution in [0.4, 0.5) is 0 Å². The van der Waals surface area contributed by atoms with Crippen molar-refractivity contribution in [1.29, 1.82) is 0 Å². The average molecular weight is 310 g/mol. The summed E-state index contributed by atoms with van der Waals surface area (Å²) in [7, 11) is 1.61. The zero-order valence-corrected chi connectivity index (χ0v) is 12.4. The number of carbonyl (C=O) groups is 1. The molecule has 1 amide bonds. The number of rotatable bonds is 5. The van der Waals surface area contributed by atoms with Crippen molar-refractivity contribution in [2.24, 2.45) is 0 Å². The summed E-state index contributed by atoms with van der Waals surface area (Å²) in [4.78, 5) is 19.6. The first-order valence-corrected chi connectivity index (χ1v) is 6.86. The molecule has 0 saturated carbocycles. The van der Waals surface area contributed by atoms with Crippen LogP contribution in [-0.2, 0) is 6.54 Å². The maximum Gasteiger partial charge on any atom is 0.270 e. The molecule has 3 rings (SSSR count). The molecule has 8 heteroatoms. The summed E-state index contributed by atoms with van der Waals surface area (Å²) in [5.41, 5.74) is 1.76. The Balaban J connectivity index is 1.66. The lowest BCUT2D eigenvalue weighted by atomic mass is 10.3. The van der Waals surface area contributed by atoms with Crippen LogP contribution in [0.1, 0.15) is 16.2 Å². The van der Waals surface area contributed by atoms with Crippen molar-refractivity contribution < 1.29 is 9.53 Å². The Hall–Kier alpha value is -3.29. The zero-order valence-electron chi connectivity index (χ0n) is 12.4. The maximum absolute atomic E-state index is 11.9. The van der Waals surface area contributed by atoms with Gasteiger partial charge in [-0.05, 0) is 18.2 Å². The van der Waals surface area contributed by atoms with Crippen LogP contribution in [-0.4, -0.2) is 38.0 Å². The number of nitrogens with zero attached hydrogens (tertiary/aromatic N) is 5. The normalized spacial score (nSPS) is 10.3. The van der Waals surface area contributed by atoms with Crippen LogP contribution in [0.2, 0.25) is 0 Å². The van der Waals surface area contributed by atoms with Crippen molar-refractivity contribution in [1.82, 2.24) is 30.3 Å². The number of carbonyl (C=O) groups excluding carboxylic acids is 1. The van der Waals surface area contributed by atoms with Gasteiger partial charge in [0.15, 0.2) is 0 Å². The topological polar surface area (TPSA) is 94.8 Å². The fourth-order valence-corrected chi connectivity index (χ4v) is 1.94. The number of benzene rings is 1. The molecule has 0 unspecified atom stereocenters. The number of nitrogens with one attached hydrogen (secondary N) is 1. The van der Waals surface area contributed by atoms with E-state index < -0.39 is 0 Å². The third-order valence-corrected chi connectivity index (χ3v) is 3.10. The van der Waals surface area contributed by atoms with Gasteiger partial charge in [0.1, 0.15) is 23.5 Å². The number of ether oxygens (including phenoxy) is 1. The highest BCUT2D eigenvalue weighted by molar-refractivity contribution is 5.91. The third-order valence-electron chi connectivity index (χ3n) is 3.10. The molecule has 2 heterocycles. The third kappa shape index (κ3) is 3.49. The van der Waals surface area contributed by atoms with E-state index in [0.717, 1.165) is 11.4 Å². The highest BCUT2D eigenvalue weighted by Crippen LogP contribution is 2.15. The van der Waals surface area contributed by atoms with Crippen molar-refractivity contribution >= 4 is 5.91 Å². The second-order valence-electron chi connectivity index (χ2n) is 4.63. The highest BCUT2D eigenvalue weighted by Gasteiger charge is 2.08. The minimum absolute atomic E-state index is 0.257. The molecule has 1 aromatic carbocycles. The van der Waals surface area contributed by atoms with E-state index in [2.05, 4.69) is 25.6 Å². The van der Waals surface area contributed by atoms with Crippen LogP contribution in [0.25, 0.3) is 5.69 Å². The average Bonchev–Trinajstić information content (AvgIpc) is 3.09. The molecule has 0 bridgehead atoms. The van der Waals surface area contributed by atoms with Gasteiger partial charge < -0.3 is 10.1 Å². The van der Waals surface area contributed by atoms with Crippen LogP contribution in [0.3, 0.4) is 0 Å². The van der Waals surface area contributed by atoms with Crippen LogP contribution >= 0.6 is 0 Å². The Morgan fingerprint density at radius 1 is 1.35 bits per heavy atom. The summed E-state index contributed by atoms with van der Waals surface area (Å²) in [6, 6.07) is 9.00. The summed E-state index contributed by atoms with van der Waals surface area (Å²) in [5, 5.41) is 10.8. The molecule has 8 nitrogen and oxygen atoms in total. The zero-order chi connectivity index (χ0) is 16.1. The summed E-state index contributed by atoms with van der Waals surface area (Å²) in [6.45, 7) is 0.257. The minimum Gasteiger partial charge on any atom is -0.497 e. The summed E-state index contributed by atoms with van der Waals surface area (Å²) in [6.07, 6.45) is 4.59. The van der Waals surface area contributed by atoms with Gasteiger partial charge in [-0.15, -0.1) is 5.10 Å². The lowest BCUT2D eigenvalue weighted by Crippen LogP contribution is -2.23. The van der Waals surface area contributed by atoms with Crippen molar-refractivity contribution in [2.75, 3.05) is 7.11 Å². The minimum atomic E-state index is -0.289. The van der Waals surface area contributed by atoms with Crippen molar-refractivity contribution in [3.8, 4) is 11.4 Å². The molecule has 0 fully saturated rings. The molecule has 0 aliphatic rings. The molecule has 0 saturated heterocycles. The molecule has 0 atom stereocenters. The molecule has 23 heavy (non-hydrogen) atoms. The second-order valence-corrected chi connectivity index (χ2v) is 4.63.